The monoisotopic (exact) mass is 496 g/mol. The summed E-state index contributed by atoms with van der Waals surface area (Å²) in [4.78, 5) is 12.5. The first kappa shape index (κ1) is 28.2. The van der Waals surface area contributed by atoms with Crippen LogP contribution in [0.5, 0.6) is 11.5 Å². The van der Waals surface area contributed by atoms with E-state index in [4.69, 9.17) is 18.9 Å². The fourth-order valence-electron chi connectivity index (χ4n) is 4.31. The maximum Gasteiger partial charge on any atom is 0.343 e. The zero-order chi connectivity index (χ0) is 25.6. The Labute approximate surface area is 217 Å². The lowest BCUT2D eigenvalue weighted by Crippen LogP contribution is -2.27. The molecule has 1 fully saturated rings. The summed E-state index contributed by atoms with van der Waals surface area (Å²) in [5.41, 5.74) is 1.43. The third-order valence-electron chi connectivity index (χ3n) is 6.94. The number of unbranched alkanes of at least 4 members (excludes halogenated alkanes) is 4. The second-order valence-electron chi connectivity index (χ2n) is 10.1. The summed E-state index contributed by atoms with van der Waals surface area (Å²) >= 11 is 0. The van der Waals surface area contributed by atoms with Crippen LogP contribution in [-0.2, 0) is 9.47 Å². The fourth-order valence-corrected chi connectivity index (χ4v) is 4.31. The van der Waals surface area contributed by atoms with Crippen molar-refractivity contribution in [1.29, 1.82) is 0 Å². The van der Waals surface area contributed by atoms with Crippen molar-refractivity contribution in [2.75, 3.05) is 19.8 Å². The van der Waals surface area contributed by atoms with Crippen molar-refractivity contribution in [3.05, 3.63) is 59.7 Å². The Balaban J connectivity index is 1.38. The maximum absolute atomic E-state index is 12.5. The number of carbonyl (C=O) groups is 1. The lowest BCUT2D eigenvalue weighted by Gasteiger charge is -2.29. The van der Waals surface area contributed by atoms with E-state index in [0.29, 0.717) is 23.8 Å². The molecule has 0 unspecified atom stereocenters. The maximum atomic E-state index is 12.5. The summed E-state index contributed by atoms with van der Waals surface area (Å²) in [5, 5.41) is 0. The van der Waals surface area contributed by atoms with Crippen LogP contribution in [0.4, 0.5) is 0 Å². The molecule has 198 valence electrons. The van der Waals surface area contributed by atoms with Gasteiger partial charge in [-0.05, 0) is 61.6 Å². The standard InChI is InChI=1S/C31H44O5/c1-4-6-7-8-9-12-25-22-34-31(35-23-25)27-15-19-29(20-16-27)36-30(32)26-13-17-28(18-14-26)33-21-10-11-24(3)5-2/h13-20,24-25,31H,4-12,21-23H2,1-3H3/t24-,25-,31-/m0/s1. The molecular formula is C31H44O5. The van der Waals surface area contributed by atoms with Crippen LogP contribution in [-0.4, -0.2) is 25.8 Å². The van der Waals surface area contributed by atoms with Gasteiger partial charge in [0.25, 0.3) is 0 Å². The summed E-state index contributed by atoms with van der Waals surface area (Å²) in [5.74, 6) is 2.08. The number of esters is 1. The van der Waals surface area contributed by atoms with Gasteiger partial charge in [-0.1, -0.05) is 71.4 Å². The highest BCUT2D eigenvalue weighted by molar-refractivity contribution is 5.91. The van der Waals surface area contributed by atoms with Gasteiger partial charge in [0.15, 0.2) is 6.29 Å². The number of hydrogen-bond donors (Lipinski definition) is 0. The molecule has 1 aliphatic heterocycles. The summed E-state index contributed by atoms with van der Waals surface area (Å²) in [6.07, 6.45) is 10.7. The Hall–Kier alpha value is -2.37. The van der Waals surface area contributed by atoms with E-state index in [0.717, 1.165) is 43.3 Å². The van der Waals surface area contributed by atoms with E-state index in [2.05, 4.69) is 20.8 Å². The van der Waals surface area contributed by atoms with Gasteiger partial charge in [0.05, 0.1) is 25.4 Å². The number of carbonyl (C=O) groups excluding carboxylic acids is 1. The molecule has 2 aromatic carbocycles. The van der Waals surface area contributed by atoms with Crippen LogP contribution in [0, 0.1) is 11.8 Å². The minimum absolute atomic E-state index is 0.358. The van der Waals surface area contributed by atoms with Crippen molar-refractivity contribution in [2.24, 2.45) is 11.8 Å². The molecule has 1 saturated heterocycles. The van der Waals surface area contributed by atoms with Gasteiger partial charge in [0, 0.05) is 11.5 Å². The van der Waals surface area contributed by atoms with E-state index < -0.39 is 5.97 Å². The largest absolute Gasteiger partial charge is 0.494 e. The highest BCUT2D eigenvalue weighted by Gasteiger charge is 2.23. The van der Waals surface area contributed by atoms with E-state index >= 15 is 0 Å². The second kappa shape index (κ2) is 15.7. The zero-order valence-corrected chi connectivity index (χ0v) is 22.4. The molecule has 0 spiro atoms. The predicted octanol–water partition coefficient (Wildman–Crippen LogP) is 8.13. The average molecular weight is 497 g/mol. The highest BCUT2D eigenvalue weighted by atomic mass is 16.7. The molecule has 0 aliphatic carbocycles. The third kappa shape index (κ3) is 9.59. The zero-order valence-electron chi connectivity index (χ0n) is 22.4. The molecule has 0 N–H and O–H groups in total. The van der Waals surface area contributed by atoms with Crippen molar-refractivity contribution >= 4 is 5.97 Å². The molecule has 3 rings (SSSR count). The van der Waals surface area contributed by atoms with Gasteiger partial charge < -0.3 is 18.9 Å². The Bertz CT molecular complexity index is 869. The Morgan fingerprint density at radius 2 is 1.56 bits per heavy atom. The average Bonchev–Trinajstić information content (AvgIpc) is 2.92. The van der Waals surface area contributed by atoms with Gasteiger partial charge in [-0.2, -0.15) is 0 Å². The predicted molar refractivity (Wildman–Crippen MR) is 144 cm³/mol. The first-order valence-corrected chi connectivity index (χ1v) is 13.9. The molecule has 0 bridgehead atoms. The van der Waals surface area contributed by atoms with Crippen molar-refractivity contribution in [3.63, 3.8) is 0 Å². The van der Waals surface area contributed by atoms with Crippen molar-refractivity contribution < 1.29 is 23.7 Å². The van der Waals surface area contributed by atoms with Crippen molar-refractivity contribution in [1.82, 2.24) is 0 Å². The number of hydrogen-bond acceptors (Lipinski definition) is 5. The first-order valence-electron chi connectivity index (χ1n) is 13.9. The van der Waals surface area contributed by atoms with E-state index in [-0.39, 0.29) is 6.29 Å². The van der Waals surface area contributed by atoms with Crippen LogP contribution in [0.1, 0.15) is 101 Å². The molecule has 0 saturated carbocycles. The Morgan fingerprint density at radius 1 is 0.889 bits per heavy atom. The van der Waals surface area contributed by atoms with Crippen LogP contribution in [0.3, 0.4) is 0 Å². The SMILES string of the molecule is CCCCCCC[C@H]1CO[C@H](c2ccc(OC(=O)c3ccc(OCCC[C@@H](C)CC)cc3)cc2)OC1. The molecule has 5 heteroatoms. The molecule has 0 aromatic heterocycles. The first-order chi connectivity index (χ1) is 17.6. The topological polar surface area (TPSA) is 54.0 Å². The van der Waals surface area contributed by atoms with Crippen molar-refractivity contribution in [2.45, 2.75) is 84.8 Å². The smallest absolute Gasteiger partial charge is 0.343 e. The summed E-state index contributed by atoms with van der Waals surface area (Å²) < 4.78 is 23.3. The quantitative estimate of drug-likeness (QED) is 0.141. The lowest BCUT2D eigenvalue weighted by atomic mass is 10.0. The molecule has 1 heterocycles. The van der Waals surface area contributed by atoms with E-state index in [1.54, 1.807) is 24.3 Å². The van der Waals surface area contributed by atoms with E-state index in [1.807, 2.05) is 24.3 Å². The van der Waals surface area contributed by atoms with Crippen LogP contribution >= 0.6 is 0 Å². The van der Waals surface area contributed by atoms with Gasteiger partial charge in [-0.25, -0.2) is 4.79 Å². The number of rotatable bonds is 15. The number of ether oxygens (including phenoxy) is 4. The van der Waals surface area contributed by atoms with E-state index in [9.17, 15) is 4.79 Å². The molecule has 1 atom stereocenters. The second-order valence-corrected chi connectivity index (χ2v) is 10.1. The van der Waals surface area contributed by atoms with Crippen LogP contribution in [0.15, 0.2) is 48.5 Å². The molecule has 0 radical (unpaired) electrons. The van der Waals surface area contributed by atoms with Gasteiger partial charge in [0.1, 0.15) is 11.5 Å². The molecule has 2 aromatic rings. The lowest BCUT2D eigenvalue weighted by molar-refractivity contribution is -0.206. The van der Waals surface area contributed by atoms with Gasteiger partial charge in [0.2, 0.25) is 0 Å². The summed E-state index contributed by atoms with van der Waals surface area (Å²) in [7, 11) is 0. The third-order valence-corrected chi connectivity index (χ3v) is 6.94. The van der Waals surface area contributed by atoms with Crippen LogP contribution in [0.25, 0.3) is 0 Å². The normalized spacial score (nSPS) is 18.5. The Morgan fingerprint density at radius 3 is 2.22 bits per heavy atom. The minimum Gasteiger partial charge on any atom is -0.494 e. The van der Waals surface area contributed by atoms with E-state index in [1.165, 1.54) is 44.9 Å². The van der Waals surface area contributed by atoms with Crippen molar-refractivity contribution in [3.8, 4) is 11.5 Å². The Kier molecular flexibility index (Phi) is 12.3. The van der Waals surface area contributed by atoms with Gasteiger partial charge >= 0.3 is 5.97 Å². The fraction of sp³-hybridized carbons (Fsp3) is 0.581. The summed E-state index contributed by atoms with van der Waals surface area (Å²) in [6, 6.07) is 14.5. The molecule has 1 aliphatic rings. The minimum atomic E-state index is -0.391. The molecular weight excluding hydrogens is 452 g/mol. The molecule has 5 nitrogen and oxygen atoms in total. The number of benzene rings is 2. The highest BCUT2D eigenvalue weighted by Crippen LogP contribution is 2.29. The van der Waals surface area contributed by atoms with Crippen LogP contribution in [0.2, 0.25) is 0 Å². The van der Waals surface area contributed by atoms with Gasteiger partial charge in [-0.3, -0.25) is 0 Å². The molecule has 36 heavy (non-hydrogen) atoms. The molecule has 0 amide bonds. The van der Waals surface area contributed by atoms with Crippen LogP contribution < -0.4 is 9.47 Å². The van der Waals surface area contributed by atoms with Gasteiger partial charge in [-0.15, -0.1) is 0 Å². The summed E-state index contributed by atoms with van der Waals surface area (Å²) in [6.45, 7) is 8.86.